The van der Waals surface area contributed by atoms with Crippen LogP contribution in [0.5, 0.6) is 0 Å². The summed E-state index contributed by atoms with van der Waals surface area (Å²) in [5, 5.41) is 3.25. The second-order valence-electron chi connectivity index (χ2n) is 5.41. The molecule has 0 saturated heterocycles. The van der Waals surface area contributed by atoms with Crippen LogP contribution in [-0.2, 0) is 6.54 Å². The smallest absolute Gasteiger partial charge is 0.248 e. The van der Waals surface area contributed by atoms with Gasteiger partial charge in [-0.15, -0.1) is 0 Å². The first-order chi connectivity index (χ1) is 10.4. The molecular formula is C17H18BrFN2O. The number of carbonyl (C=O) groups excluding carboxylic acids is 1. The summed E-state index contributed by atoms with van der Waals surface area (Å²) in [5.74, 6) is -0.720. The average Bonchev–Trinajstić information content (AvgIpc) is 2.46. The van der Waals surface area contributed by atoms with Crippen molar-refractivity contribution in [3.8, 4) is 0 Å². The van der Waals surface area contributed by atoms with Gasteiger partial charge in [-0.1, -0.05) is 35.8 Å². The Balaban J connectivity index is 2.19. The molecule has 1 amide bonds. The van der Waals surface area contributed by atoms with Crippen LogP contribution in [0.25, 0.3) is 0 Å². The number of carbonyl (C=O) groups is 1. The zero-order chi connectivity index (χ0) is 16.3. The minimum Gasteiger partial charge on any atom is -0.381 e. The van der Waals surface area contributed by atoms with Crippen molar-refractivity contribution < 1.29 is 9.18 Å². The fourth-order valence-electron chi connectivity index (χ4n) is 2.21. The van der Waals surface area contributed by atoms with E-state index in [4.69, 9.17) is 5.73 Å². The molecule has 2 aromatic rings. The van der Waals surface area contributed by atoms with Gasteiger partial charge in [0.2, 0.25) is 5.91 Å². The zero-order valence-electron chi connectivity index (χ0n) is 12.5. The topological polar surface area (TPSA) is 55.1 Å². The van der Waals surface area contributed by atoms with Gasteiger partial charge in [-0.05, 0) is 41.8 Å². The van der Waals surface area contributed by atoms with Crippen LogP contribution >= 0.6 is 15.9 Å². The largest absolute Gasteiger partial charge is 0.381 e. The van der Waals surface area contributed by atoms with Crippen LogP contribution in [-0.4, -0.2) is 5.91 Å². The third-order valence-electron chi connectivity index (χ3n) is 3.44. The summed E-state index contributed by atoms with van der Waals surface area (Å²) in [5.41, 5.74) is 7.93. The zero-order valence-corrected chi connectivity index (χ0v) is 14.1. The molecule has 116 valence electrons. The van der Waals surface area contributed by atoms with E-state index in [0.29, 0.717) is 18.0 Å². The maximum absolute atomic E-state index is 14.0. The SMILES string of the molecule is CC(C)c1cc(Br)ccc1NCc1ccc(C(N)=O)cc1F. The van der Waals surface area contributed by atoms with Gasteiger partial charge in [-0.2, -0.15) is 0 Å². The minimum atomic E-state index is -0.631. The van der Waals surface area contributed by atoms with Crippen LogP contribution in [0.2, 0.25) is 0 Å². The minimum absolute atomic E-state index is 0.174. The van der Waals surface area contributed by atoms with E-state index in [1.807, 2.05) is 12.1 Å². The van der Waals surface area contributed by atoms with Crippen LogP contribution in [0.3, 0.4) is 0 Å². The highest BCUT2D eigenvalue weighted by molar-refractivity contribution is 9.10. The van der Waals surface area contributed by atoms with Gasteiger partial charge in [-0.25, -0.2) is 4.39 Å². The highest BCUT2D eigenvalue weighted by Crippen LogP contribution is 2.28. The van der Waals surface area contributed by atoms with Gasteiger partial charge in [-0.3, -0.25) is 4.79 Å². The number of hydrogen-bond donors (Lipinski definition) is 2. The van der Waals surface area contributed by atoms with E-state index in [-0.39, 0.29) is 5.56 Å². The molecule has 0 saturated carbocycles. The second kappa shape index (κ2) is 6.92. The molecule has 0 aliphatic heterocycles. The van der Waals surface area contributed by atoms with E-state index < -0.39 is 11.7 Å². The molecule has 0 radical (unpaired) electrons. The predicted molar refractivity (Wildman–Crippen MR) is 90.5 cm³/mol. The Morgan fingerprint density at radius 3 is 2.59 bits per heavy atom. The van der Waals surface area contributed by atoms with E-state index in [1.54, 1.807) is 6.07 Å². The molecule has 0 spiro atoms. The molecule has 0 bridgehead atoms. The van der Waals surface area contributed by atoms with Crippen molar-refractivity contribution >= 4 is 27.5 Å². The first kappa shape index (κ1) is 16.5. The lowest BCUT2D eigenvalue weighted by Crippen LogP contribution is -2.12. The van der Waals surface area contributed by atoms with Crippen molar-refractivity contribution in [3.05, 3.63) is 63.4 Å². The Morgan fingerprint density at radius 1 is 1.27 bits per heavy atom. The van der Waals surface area contributed by atoms with E-state index in [1.165, 1.54) is 12.1 Å². The summed E-state index contributed by atoms with van der Waals surface area (Å²) in [4.78, 5) is 11.0. The van der Waals surface area contributed by atoms with Crippen molar-refractivity contribution in [1.82, 2.24) is 0 Å². The Labute approximate surface area is 137 Å². The molecule has 0 unspecified atom stereocenters. The van der Waals surface area contributed by atoms with Crippen molar-refractivity contribution in [2.75, 3.05) is 5.32 Å². The number of nitrogens with one attached hydrogen (secondary N) is 1. The van der Waals surface area contributed by atoms with E-state index in [0.717, 1.165) is 15.7 Å². The van der Waals surface area contributed by atoms with Crippen LogP contribution < -0.4 is 11.1 Å². The standard InChI is InChI=1S/C17H18BrFN2O/c1-10(2)14-8-13(18)5-6-16(14)21-9-12-4-3-11(17(20)22)7-15(12)19/h3-8,10,21H,9H2,1-2H3,(H2,20,22). The molecule has 3 nitrogen and oxygen atoms in total. The van der Waals surface area contributed by atoms with Crippen molar-refractivity contribution in [1.29, 1.82) is 0 Å². The molecule has 3 N–H and O–H groups in total. The molecule has 2 rings (SSSR count). The summed E-state index contributed by atoms with van der Waals surface area (Å²) in [6.45, 7) is 4.55. The maximum Gasteiger partial charge on any atom is 0.248 e. The molecular weight excluding hydrogens is 347 g/mol. The lowest BCUT2D eigenvalue weighted by atomic mass is 10.0. The molecule has 0 heterocycles. The normalized spacial score (nSPS) is 10.8. The molecule has 0 aliphatic carbocycles. The number of halogens is 2. The maximum atomic E-state index is 14.0. The Hall–Kier alpha value is -1.88. The van der Waals surface area contributed by atoms with E-state index in [9.17, 15) is 9.18 Å². The van der Waals surface area contributed by atoms with Crippen LogP contribution in [0.15, 0.2) is 40.9 Å². The lowest BCUT2D eigenvalue weighted by molar-refractivity contribution is 0.1000. The molecule has 5 heteroatoms. The van der Waals surface area contributed by atoms with Gasteiger partial charge >= 0.3 is 0 Å². The monoisotopic (exact) mass is 364 g/mol. The van der Waals surface area contributed by atoms with Crippen molar-refractivity contribution in [2.45, 2.75) is 26.3 Å². The fraction of sp³-hybridized carbons (Fsp3) is 0.235. The number of benzene rings is 2. The first-order valence-corrected chi connectivity index (χ1v) is 7.79. The summed E-state index contributed by atoms with van der Waals surface area (Å²) in [7, 11) is 0. The molecule has 0 fully saturated rings. The van der Waals surface area contributed by atoms with Crippen LogP contribution in [0.4, 0.5) is 10.1 Å². The van der Waals surface area contributed by atoms with Gasteiger partial charge in [0.05, 0.1) is 0 Å². The fourth-order valence-corrected chi connectivity index (χ4v) is 2.59. The highest BCUT2D eigenvalue weighted by atomic mass is 79.9. The third-order valence-corrected chi connectivity index (χ3v) is 3.94. The summed E-state index contributed by atoms with van der Waals surface area (Å²) >= 11 is 3.46. The number of nitrogens with two attached hydrogens (primary N) is 1. The molecule has 0 atom stereocenters. The Bertz CT molecular complexity index is 701. The third kappa shape index (κ3) is 3.85. The number of amides is 1. The van der Waals surface area contributed by atoms with Crippen molar-refractivity contribution in [2.24, 2.45) is 5.73 Å². The van der Waals surface area contributed by atoms with Crippen molar-refractivity contribution in [3.63, 3.8) is 0 Å². The van der Waals surface area contributed by atoms with Gasteiger partial charge in [0.1, 0.15) is 5.82 Å². The predicted octanol–water partition coefficient (Wildman–Crippen LogP) is 4.42. The molecule has 0 aliphatic rings. The lowest BCUT2D eigenvalue weighted by Gasteiger charge is -2.15. The Morgan fingerprint density at radius 2 is 2.00 bits per heavy atom. The second-order valence-corrected chi connectivity index (χ2v) is 6.33. The van der Waals surface area contributed by atoms with Gasteiger partial charge in [0.15, 0.2) is 0 Å². The molecule has 0 aromatic heterocycles. The average molecular weight is 365 g/mol. The van der Waals surface area contributed by atoms with Gasteiger partial charge in [0, 0.05) is 27.8 Å². The Kier molecular flexibility index (Phi) is 5.19. The summed E-state index contributed by atoms with van der Waals surface area (Å²) in [6.07, 6.45) is 0. The van der Waals surface area contributed by atoms with Crippen LogP contribution in [0, 0.1) is 5.82 Å². The molecule has 22 heavy (non-hydrogen) atoms. The van der Waals surface area contributed by atoms with Gasteiger partial charge in [0.25, 0.3) is 0 Å². The van der Waals surface area contributed by atoms with Gasteiger partial charge < -0.3 is 11.1 Å². The van der Waals surface area contributed by atoms with Crippen LogP contribution in [0.1, 0.15) is 41.3 Å². The quantitative estimate of drug-likeness (QED) is 0.824. The van der Waals surface area contributed by atoms with E-state index >= 15 is 0 Å². The first-order valence-electron chi connectivity index (χ1n) is 7.00. The summed E-state index contributed by atoms with van der Waals surface area (Å²) in [6, 6.07) is 10.3. The number of anilines is 1. The number of primary amides is 1. The summed E-state index contributed by atoms with van der Waals surface area (Å²) < 4.78 is 15.0. The number of hydrogen-bond acceptors (Lipinski definition) is 2. The van der Waals surface area contributed by atoms with E-state index in [2.05, 4.69) is 41.2 Å². The highest BCUT2D eigenvalue weighted by Gasteiger charge is 2.10. The number of rotatable bonds is 5. The molecule has 2 aromatic carbocycles.